The van der Waals surface area contributed by atoms with Gasteiger partial charge in [-0.15, -0.1) is 0 Å². The quantitative estimate of drug-likeness (QED) is 0.574. The summed E-state index contributed by atoms with van der Waals surface area (Å²) < 4.78 is 9.64. The Morgan fingerprint density at radius 1 is 1.33 bits per heavy atom. The van der Waals surface area contributed by atoms with E-state index in [4.69, 9.17) is 15.2 Å². The molecule has 1 atom stereocenters. The van der Waals surface area contributed by atoms with Crippen molar-refractivity contribution >= 4 is 0 Å². The van der Waals surface area contributed by atoms with Gasteiger partial charge in [0.1, 0.15) is 0 Å². The molecule has 0 heterocycles. The molecule has 2 N–H and O–H groups in total. The van der Waals surface area contributed by atoms with Gasteiger partial charge >= 0.3 is 0 Å². The van der Waals surface area contributed by atoms with Crippen LogP contribution in [0, 0.1) is 0 Å². The van der Waals surface area contributed by atoms with Crippen LogP contribution < -0.4 is 5.73 Å². The van der Waals surface area contributed by atoms with Crippen molar-refractivity contribution in [3.05, 3.63) is 0 Å². The molecule has 0 aliphatic carbocycles. The number of nitrogens with two attached hydrogens (primary N) is 1. The zero-order valence-electron chi connectivity index (χ0n) is 6.09. The molecule has 0 saturated heterocycles. The molecule has 3 heteroatoms. The monoisotopic (exact) mass is 133 g/mol. The van der Waals surface area contributed by atoms with E-state index in [9.17, 15) is 0 Å². The molecule has 56 valence electrons. The third-order valence-corrected chi connectivity index (χ3v) is 1.07. The highest BCUT2D eigenvalue weighted by Gasteiger charge is 1.98. The van der Waals surface area contributed by atoms with Crippen LogP contribution in [0.2, 0.25) is 0 Å². The van der Waals surface area contributed by atoms with Gasteiger partial charge < -0.3 is 15.2 Å². The Bertz CT molecular complexity index is 59.0. The van der Waals surface area contributed by atoms with Crippen molar-refractivity contribution in [1.29, 1.82) is 0 Å². The molecule has 0 bridgehead atoms. The smallest absolute Gasteiger partial charge is 0.0614 e. The molecule has 0 spiro atoms. The molecule has 0 saturated carbocycles. The van der Waals surface area contributed by atoms with Crippen LogP contribution in [0.25, 0.3) is 0 Å². The van der Waals surface area contributed by atoms with Gasteiger partial charge in [0, 0.05) is 26.9 Å². The zero-order chi connectivity index (χ0) is 7.11. The zero-order valence-corrected chi connectivity index (χ0v) is 6.09. The van der Waals surface area contributed by atoms with Crippen molar-refractivity contribution in [3.63, 3.8) is 0 Å². The standard InChI is InChI=1S/C6H15NO2/c1-8-4-3-6(7)5-9-2/h6H,3-5,7H2,1-2H3/t6-/m1/s1. The third kappa shape index (κ3) is 5.76. The first kappa shape index (κ1) is 8.88. The summed E-state index contributed by atoms with van der Waals surface area (Å²) in [5, 5.41) is 0. The van der Waals surface area contributed by atoms with Crippen molar-refractivity contribution in [3.8, 4) is 0 Å². The van der Waals surface area contributed by atoms with Crippen LogP contribution in [0.5, 0.6) is 0 Å². The van der Waals surface area contributed by atoms with E-state index in [0.717, 1.165) is 6.42 Å². The van der Waals surface area contributed by atoms with E-state index in [1.807, 2.05) is 0 Å². The van der Waals surface area contributed by atoms with E-state index in [0.29, 0.717) is 13.2 Å². The molecule has 0 radical (unpaired) electrons. The van der Waals surface area contributed by atoms with Gasteiger partial charge in [-0.25, -0.2) is 0 Å². The average molecular weight is 133 g/mol. The predicted molar refractivity (Wildman–Crippen MR) is 36.3 cm³/mol. The Hall–Kier alpha value is -0.120. The Labute approximate surface area is 56.1 Å². The second-order valence-corrected chi connectivity index (χ2v) is 2.00. The van der Waals surface area contributed by atoms with Gasteiger partial charge in [-0.2, -0.15) is 0 Å². The number of hydrogen-bond donors (Lipinski definition) is 1. The number of methoxy groups -OCH3 is 2. The lowest BCUT2D eigenvalue weighted by Gasteiger charge is -2.07. The maximum absolute atomic E-state index is 5.57. The molecule has 0 aromatic rings. The fraction of sp³-hybridized carbons (Fsp3) is 1.00. The summed E-state index contributed by atoms with van der Waals surface area (Å²) in [7, 11) is 3.31. The van der Waals surface area contributed by atoms with Crippen LogP contribution in [0.15, 0.2) is 0 Å². The maximum Gasteiger partial charge on any atom is 0.0614 e. The molecule has 9 heavy (non-hydrogen) atoms. The molecule has 0 aromatic heterocycles. The normalized spacial score (nSPS) is 13.7. The molecular formula is C6H15NO2. The predicted octanol–water partition coefficient (Wildman–Crippen LogP) is -0.00340. The first-order valence-corrected chi connectivity index (χ1v) is 3.04. The van der Waals surface area contributed by atoms with E-state index < -0.39 is 0 Å². The van der Waals surface area contributed by atoms with Crippen molar-refractivity contribution in [2.45, 2.75) is 12.5 Å². The van der Waals surface area contributed by atoms with Gasteiger partial charge in [-0.05, 0) is 6.42 Å². The SMILES string of the molecule is COCC[C@@H](N)COC. The lowest BCUT2D eigenvalue weighted by molar-refractivity contribution is 0.145. The minimum absolute atomic E-state index is 0.120. The van der Waals surface area contributed by atoms with Gasteiger partial charge in [0.25, 0.3) is 0 Å². The van der Waals surface area contributed by atoms with Crippen molar-refractivity contribution in [1.82, 2.24) is 0 Å². The first-order valence-electron chi connectivity index (χ1n) is 3.04. The highest BCUT2D eigenvalue weighted by Crippen LogP contribution is 1.87. The van der Waals surface area contributed by atoms with Crippen LogP contribution in [0.1, 0.15) is 6.42 Å². The Balaban J connectivity index is 2.95. The van der Waals surface area contributed by atoms with Gasteiger partial charge in [0.15, 0.2) is 0 Å². The van der Waals surface area contributed by atoms with Gasteiger partial charge in [0.05, 0.1) is 6.61 Å². The topological polar surface area (TPSA) is 44.5 Å². The number of hydrogen-bond acceptors (Lipinski definition) is 3. The molecule has 0 fully saturated rings. The van der Waals surface area contributed by atoms with E-state index in [-0.39, 0.29) is 6.04 Å². The maximum atomic E-state index is 5.57. The molecule has 0 aromatic carbocycles. The first-order chi connectivity index (χ1) is 4.31. The van der Waals surface area contributed by atoms with Crippen LogP contribution in [0.3, 0.4) is 0 Å². The molecule has 0 unspecified atom stereocenters. The molecule has 0 rings (SSSR count). The van der Waals surface area contributed by atoms with Gasteiger partial charge in [0.2, 0.25) is 0 Å². The summed E-state index contributed by atoms with van der Waals surface area (Å²) in [4.78, 5) is 0. The number of ether oxygens (including phenoxy) is 2. The van der Waals surface area contributed by atoms with Crippen molar-refractivity contribution in [2.24, 2.45) is 5.73 Å². The van der Waals surface area contributed by atoms with Crippen LogP contribution in [-0.2, 0) is 9.47 Å². The van der Waals surface area contributed by atoms with E-state index in [1.54, 1.807) is 14.2 Å². The summed E-state index contributed by atoms with van der Waals surface area (Å²) in [5.74, 6) is 0. The van der Waals surface area contributed by atoms with Crippen molar-refractivity contribution < 1.29 is 9.47 Å². The average Bonchev–Trinajstić information content (AvgIpc) is 1.85. The highest BCUT2D eigenvalue weighted by molar-refractivity contribution is 4.57. The summed E-state index contributed by atoms with van der Waals surface area (Å²) in [6.07, 6.45) is 0.865. The lowest BCUT2D eigenvalue weighted by Crippen LogP contribution is -2.26. The summed E-state index contributed by atoms with van der Waals surface area (Å²) in [6, 6.07) is 0.120. The second kappa shape index (κ2) is 6.01. The Morgan fingerprint density at radius 2 is 2.00 bits per heavy atom. The molecule has 0 aliphatic heterocycles. The van der Waals surface area contributed by atoms with Crippen molar-refractivity contribution in [2.75, 3.05) is 27.4 Å². The minimum Gasteiger partial charge on any atom is -0.385 e. The lowest BCUT2D eigenvalue weighted by atomic mass is 10.2. The Kier molecular flexibility index (Phi) is 5.93. The van der Waals surface area contributed by atoms with Crippen LogP contribution in [-0.4, -0.2) is 33.5 Å². The fourth-order valence-corrected chi connectivity index (χ4v) is 0.567. The van der Waals surface area contributed by atoms with Gasteiger partial charge in [-0.1, -0.05) is 0 Å². The van der Waals surface area contributed by atoms with E-state index in [1.165, 1.54) is 0 Å². The summed E-state index contributed by atoms with van der Waals surface area (Å²) in [6.45, 7) is 1.33. The highest BCUT2D eigenvalue weighted by atomic mass is 16.5. The molecule has 3 nitrogen and oxygen atoms in total. The summed E-state index contributed by atoms with van der Waals surface area (Å²) >= 11 is 0. The Morgan fingerprint density at radius 3 is 2.44 bits per heavy atom. The van der Waals surface area contributed by atoms with Crippen LogP contribution in [0.4, 0.5) is 0 Å². The molecule has 0 amide bonds. The summed E-state index contributed by atoms with van der Waals surface area (Å²) in [5.41, 5.74) is 5.57. The third-order valence-electron chi connectivity index (χ3n) is 1.07. The largest absolute Gasteiger partial charge is 0.385 e. The fourth-order valence-electron chi connectivity index (χ4n) is 0.567. The number of rotatable bonds is 5. The molecular weight excluding hydrogens is 118 g/mol. The van der Waals surface area contributed by atoms with Gasteiger partial charge in [-0.3, -0.25) is 0 Å². The second-order valence-electron chi connectivity index (χ2n) is 2.00. The molecule has 0 aliphatic rings. The van der Waals surface area contributed by atoms with Crippen LogP contribution >= 0.6 is 0 Å². The van der Waals surface area contributed by atoms with E-state index >= 15 is 0 Å². The van der Waals surface area contributed by atoms with E-state index in [2.05, 4.69) is 0 Å². The minimum atomic E-state index is 0.120.